The highest BCUT2D eigenvalue weighted by Gasteiger charge is 2.15. The van der Waals surface area contributed by atoms with Gasteiger partial charge in [-0.1, -0.05) is 22.9 Å². The fourth-order valence-electron chi connectivity index (χ4n) is 1.75. The second-order valence-electron chi connectivity index (χ2n) is 4.74. The number of hydrogen-bond donors (Lipinski definition) is 2. The third kappa shape index (κ3) is 5.26. The van der Waals surface area contributed by atoms with E-state index < -0.39 is 12.1 Å². The van der Waals surface area contributed by atoms with Crippen molar-refractivity contribution < 1.29 is 19.4 Å². The van der Waals surface area contributed by atoms with E-state index in [4.69, 9.17) is 21.4 Å². The fourth-order valence-corrected chi connectivity index (χ4v) is 1.94. The van der Waals surface area contributed by atoms with E-state index >= 15 is 0 Å². The van der Waals surface area contributed by atoms with Gasteiger partial charge < -0.3 is 15.2 Å². The first kappa shape index (κ1) is 16.8. The molecule has 122 valence electrons. The fraction of sp³-hybridized carbons (Fsp3) is 0.286. The number of carbonyl (C=O) groups is 2. The quantitative estimate of drug-likeness (QED) is 0.783. The van der Waals surface area contributed by atoms with E-state index in [-0.39, 0.29) is 19.0 Å². The van der Waals surface area contributed by atoms with E-state index in [1.165, 1.54) is 10.9 Å². The molecule has 1 amide bonds. The maximum Gasteiger partial charge on any atom is 0.325 e. The summed E-state index contributed by atoms with van der Waals surface area (Å²) in [6.45, 7) is 1.45. The highest BCUT2D eigenvalue weighted by molar-refractivity contribution is 6.30. The number of amides is 1. The van der Waals surface area contributed by atoms with Crippen LogP contribution in [0.25, 0.3) is 0 Å². The Hall–Kier alpha value is -2.61. The Labute approximate surface area is 137 Å². The Bertz CT molecular complexity index is 704. The van der Waals surface area contributed by atoms with Crippen LogP contribution < -0.4 is 10.1 Å². The summed E-state index contributed by atoms with van der Waals surface area (Å²) in [5.41, 5.74) is 0.453. The lowest BCUT2D eigenvalue weighted by atomic mass is 10.3. The molecule has 0 saturated carbocycles. The van der Waals surface area contributed by atoms with Crippen molar-refractivity contribution in [2.24, 2.45) is 0 Å². The van der Waals surface area contributed by atoms with E-state index in [9.17, 15) is 9.59 Å². The summed E-state index contributed by atoms with van der Waals surface area (Å²) in [6, 6.07) is 6.75. The lowest BCUT2D eigenvalue weighted by Gasteiger charge is -2.14. The first-order valence-corrected chi connectivity index (χ1v) is 7.12. The van der Waals surface area contributed by atoms with Gasteiger partial charge >= 0.3 is 5.97 Å². The normalized spacial score (nSPS) is 11.7. The van der Waals surface area contributed by atoms with Crippen LogP contribution in [0.3, 0.4) is 0 Å². The third-order valence-electron chi connectivity index (χ3n) is 2.81. The summed E-state index contributed by atoms with van der Waals surface area (Å²) in [5, 5.41) is 19.2. The third-order valence-corrected chi connectivity index (χ3v) is 3.04. The number of carbonyl (C=O) groups excluding carboxylic acids is 1. The van der Waals surface area contributed by atoms with Crippen molar-refractivity contribution in [1.29, 1.82) is 0 Å². The number of rotatable bonds is 7. The highest BCUT2D eigenvalue weighted by atomic mass is 35.5. The van der Waals surface area contributed by atoms with Crippen LogP contribution >= 0.6 is 11.6 Å². The number of halogens is 1. The highest BCUT2D eigenvalue weighted by Crippen LogP contribution is 2.18. The van der Waals surface area contributed by atoms with Crippen LogP contribution in [0.2, 0.25) is 5.02 Å². The molecule has 2 rings (SSSR count). The average molecular weight is 339 g/mol. The van der Waals surface area contributed by atoms with Crippen molar-refractivity contribution in [2.45, 2.75) is 26.1 Å². The van der Waals surface area contributed by atoms with Gasteiger partial charge in [-0.15, -0.1) is 5.10 Å². The number of benzene rings is 1. The predicted molar refractivity (Wildman–Crippen MR) is 81.0 cm³/mol. The number of ether oxygens (including phenoxy) is 1. The van der Waals surface area contributed by atoms with Crippen molar-refractivity contribution in [2.75, 3.05) is 0 Å². The maximum atomic E-state index is 12.0. The van der Waals surface area contributed by atoms with Crippen LogP contribution in [-0.2, 0) is 22.7 Å². The Kier molecular flexibility index (Phi) is 5.53. The van der Waals surface area contributed by atoms with Gasteiger partial charge in [0.2, 0.25) is 0 Å². The van der Waals surface area contributed by atoms with Gasteiger partial charge in [0, 0.05) is 5.02 Å². The number of carboxylic acid groups (broad SMARTS) is 1. The Morgan fingerprint density at radius 3 is 2.96 bits per heavy atom. The Morgan fingerprint density at radius 2 is 2.26 bits per heavy atom. The standard InChI is InChI=1S/C14H15ClN4O4/c1-9(23-12-4-2-3-10(15)5-12)14(22)16-6-11-7-19(18-17-11)8-13(20)21/h2-5,7,9H,6,8H2,1H3,(H,16,22)(H,20,21). The van der Waals surface area contributed by atoms with E-state index in [1.807, 2.05) is 0 Å². The molecule has 0 radical (unpaired) electrons. The SMILES string of the molecule is CC(Oc1cccc(Cl)c1)C(=O)NCc1cn(CC(=O)O)nn1. The first-order chi connectivity index (χ1) is 10.9. The molecule has 1 aromatic carbocycles. The Morgan fingerprint density at radius 1 is 1.48 bits per heavy atom. The van der Waals surface area contributed by atoms with Gasteiger partial charge in [0.25, 0.3) is 5.91 Å². The summed E-state index contributed by atoms with van der Waals surface area (Å²) in [4.78, 5) is 22.5. The van der Waals surface area contributed by atoms with Crippen molar-refractivity contribution >= 4 is 23.5 Å². The van der Waals surface area contributed by atoms with Crippen molar-refractivity contribution in [3.63, 3.8) is 0 Å². The Balaban J connectivity index is 1.84. The first-order valence-electron chi connectivity index (χ1n) is 6.75. The molecule has 1 unspecified atom stereocenters. The molecule has 0 spiro atoms. The van der Waals surface area contributed by atoms with E-state index in [0.29, 0.717) is 16.5 Å². The van der Waals surface area contributed by atoms with Crippen LogP contribution in [-0.4, -0.2) is 38.1 Å². The smallest absolute Gasteiger partial charge is 0.325 e. The number of hydrogen-bond acceptors (Lipinski definition) is 5. The number of carboxylic acids is 1. The van der Waals surface area contributed by atoms with E-state index in [2.05, 4.69) is 15.6 Å². The molecule has 0 fully saturated rings. The minimum absolute atomic E-state index is 0.127. The van der Waals surface area contributed by atoms with Crippen LogP contribution in [0.1, 0.15) is 12.6 Å². The lowest BCUT2D eigenvalue weighted by molar-refractivity contribution is -0.138. The van der Waals surface area contributed by atoms with Crippen LogP contribution in [0.5, 0.6) is 5.75 Å². The molecule has 0 aliphatic carbocycles. The van der Waals surface area contributed by atoms with Crippen LogP contribution in [0.4, 0.5) is 0 Å². The minimum atomic E-state index is -1.02. The van der Waals surface area contributed by atoms with E-state index in [1.54, 1.807) is 31.2 Å². The van der Waals surface area contributed by atoms with E-state index in [0.717, 1.165) is 0 Å². The zero-order chi connectivity index (χ0) is 16.8. The minimum Gasteiger partial charge on any atom is -0.481 e. The predicted octanol–water partition coefficient (Wildman–Crippen LogP) is 1.10. The molecule has 9 heteroatoms. The molecule has 1 heterocycles. The zero-order valence-electron chi connectivity index (χ0n) is 12.3. The molecule has 0 aliphatic heterocycles. The number of nitrogens with one attached hydrogen (secondary N) is 1. The lowest BCUT2D eigenvalue weighted by Crippen LogP contribution is -2.36. The summed E-state index contributed by atoms with van der Waals surface area (Å²) in [6.07, 6.45) is 0.735. The van der Waals surface area contributed by atoms with Gasteiger partial charge in [-0.25, -0.2) is 4.68 Å². The van der Waals surface area contributed by atoms with Gasteiger partial charge in [-0.05, 0) is 25.1 Å². The summed E-state index contributed by atoms with van der Waals surface area (Å²) in [5.74, 6) is -0.862. The molecule has 8 nitrogen and oxygen atoms in total. The molecule has 1 atom stereocenters. The summed E-state index contributed by atoms with van der Waals surface area (Å²) >= 11 is 5.85. The molecule has 2 N–H and O–H groups in total. The van der Waals surface area contributed by atoms with Crippen molar-refractivity contribution in [3.8, 4) is 5.75 Å². The topological polar surface area (TPSA) is 106 Å². The largest absolute Gasteiger partial charge is 0.481 e. The molecule has 0 bridgehead atoms. The molecule has 23 heavy (non-hydrogen) atoms. The monoisotopic (exact) mass is 338 g/mol. The molecule has 0 saturated heterocycles. The van der Waals surface area contributed by atoms with Crippen molar-refractivity contribution in [3.05, 3.63) is 41.2 Å². The van der Waals surface area contributed by atoms with Crippen LogP contribution in [0, 0.1) is 0 Å². The van der Waals surface area contributed by atoms with Gasteiger partial charge in [0.1, 0.15) is 18.0 Å². The number of nitrogens with zero attached hydrogens (tertiary/aromatic N) is 3. The summed E-state index contributed by atoms with van der Waals surface area (Å²) in [7, 11) is 0. The molecular weight excluding hydrogens is 324 g/mol. The van der Waals surface area contributed by atoms with Crippen molar-refractivity contribution in [1.82, 2.24) is 20.3 Å². The molecule has 1 aromatic heterocycles. The van der Waals surface area contributed by atoms with Gasteiger partial charge in [-0.3, -0.25) is 9.59 Å². The van der Waals surface area contributed by atoms with Crippen LogP contribution in [0.15, 0.2) is 30.5 Å². The molecule has 0 aliphatic rings. The maximum absolute atomic E-state index is 12.0. The van der Waals surface area contributed by atoms with Gasteiger partial charge in [0.15, 0.2) is 6.10 Å². The molecular formula is C14H15ClN4O4. The van der Waals surface area contributed by atoms with Gasteiger partial charge in [-0.2, -0.15) is 0 Å². The number of aromatic nitrogens is 3. The average Bonchev–Trinajstić information content (AvgIpc) is 2.91. The zero-order valence-corrected chi connectivity index (χ0v) is 13.0. The van der Waals surface area contributed by atoms with Gasteiger partial charge in [0.05, 0.1) is 12.7 Å². The molecule has 2 aromatic rings. The summed E-state index contributed by atoms with van der Waals surface area (Å²) < 4.78 is 6.66. The number of aliphatic carboxylic acids is 1. The second kappa shape index (κ2) is 7.59. The second-order valence-corrected chi connectivity index (χ2v) is 5.17.